The first-order chi connectivity index (χ1) is 10.2. The van der Waals surface area contributed by atoms with E-state index in [9.17, 15) is 4.79 Å². The van der Waals surface area contributed by atoms with Crippen LogP contribution in [0.1, 0.15) is 30.1 Å². The Bertz CT molecular complexity index is 647. The number of carbonyl (C=O) groups excluding carboxylic acids is 1. The summed E-state index contributed by atoms with van der Waals surface area (Å²) in [6.07, 6.45) is 2.22. The van der Waals surface area contributed by atoms with Gasteiger partial charge in [-0.15, -0.1) is 0 Å². The molecule has 0 radical (unpaired) electrons. The van der Waals surface area contributed by atoms with E-state index in [0.29, 0.717) is 12.5 Å². The van der Waals surface area contributed by atoms with Crippen molar-refractivity contribution in [1.82, 2.24) is 4.90 Å². The molecule has 0 spiro atoms. The lowest BCUT2D eigenvalue weighted by molar-refractivity contribution is 0.0787. The van der Waals surface area contributed by atoms with Gasteiger partial charge in [0.2, 0.25) is 0 Å². The second-order valence-corrected chi connectivity index (χ2v) is 5.95. The Hall–Kier alpha value is -1.87. The van der Waals surface area contributed by atoms with Gasteiger partial charge in [0, 0.05) is 24.7 Å². The first-order valence-corrected chi connectivity index (χ1v) is 7.73. The lowest BCUT2D eigenvalue weighted by Crippen LogP contribution is -2.32. The van der Waals surface area contributed by atoms with Gasteiger partial charge >= 0.3 is 0 Å². The predicted octanol–water partition coefficient (Wildman–Crippen LogP) is 3.04. The van der Waals surface area contributed by atoms with E-state index in [1.54, 1.807) is 0 Å². The normalized spacial score (nSPS) is 21.9. The number of rotatable bonds is 3. The van der Waals surface area contributed by atoms with Crippen LogP contribution in [0.4, 0.5) is 0 Å². The molecule has 2 aromatic carbocycles. The number of hydrogen-bond acceptors (Lipinski definition) is 2. The molecule has 0 aromatic heterocycles. The van der Waals surface area contributed by atoms with Crippen molar-refractivity contribution in [3.63, 3.8) is 0 Å². The summed E-state index contributed by atoms with van der Waals surface area (Å²) in [4.78, 5) is 14.8. The van der Waals surface area contributed by atoms with Crippen LogP contribution in [0.25, 0.3) is 10.8 Å². The summed E-state index contributed by atoms with van der Waals surface area (Å²) in [6.45, 7) is 3.63. The zero-order valence-electron chi connectivity index (χ0n) is 12.5. The van der Waals surface area contributed by atoms with Crippen molar-refractivity contribution in [3.8, 4) is 0 Å². The highest BCUT2D eigenvalue weighted by molar-refractivity contribution is 6.07. The Kier molecular flexibility index (Phi) is 3.93. The SMILES string of the molecule is CCC[C@@H]1CN(C(=O)c2cccc3ccccc23)C[C@H]1N. The van der Waals surface area contributed by atoms with Crippen LogP contribution in [0.3, 0.4) is 0 Å². The third kappa shape index (κ3) is 2.66. The van der Waals surface area contributed by atoms with Gasteiger partial charge in [-0.2, -0.15) is 0 Å². The second kappa shape index (κ2) is 5.86. The quantitative estimate of drug-likeness (QED) is 0.940. The average Bonchev–Trinajstić information content (AvgIpc) is 2.87. The number of nitrogens with two attached hydrogens (primary N) is 1. The van der Waals surface area contributed by atoms with Crippen LogP contribution >= 0.6 is 0 Å². The van der Waals surface area contributed by atoms with Crippen LogP contribution in [-0.2, 0) is 0 Å². The zero-order valence-corrected chi connectivity index (χ0v) is 12.5. The molecule has 2 N–H and O–H groups in total. The van der Waals surface area contributed by atoms with Crippen LogP contribution in [0.15, 0.2) is 42.5 Å². The van der Waals surface area contributed by atoms with E-state index in [1.807, 2.05) is 47.4 Å². The van der Waals surface area contributed by atoms with Crippen molar-refractivity contribution in [2.24, 2.45) is 11.7 Å². The van der Waals surface area contributed by atoms with Crippen LogP contribution in [0, 0.1) is 5.92 Å². The van der Waals surface area contributed by atoms with Crippen molar-refractivity contribution in [3.05, 3.63) is 48.0 Å². The van der Waals surface area contributed by atoms with Gasteiger partial charge in [-0.25, -0.2) is 0 Å². The number of benzene rings is 2. The summed E-state index contributed by atoms with van der Waals surface area (Å²) >= 11 is 0. The van der Waals surface area contributed by atoms with Crippen LogP contribution in [-0.4, -0.2) is 29.9 Å². The van der Waals surface area contributed by atoms with Crippen molar-refractivity contribution >= 4 is 16.7 Å². The number of nitrogens with zero attached hydrogens (tertiary/aromatic N) is 1. The smallest absolute Gasteiger partial charge is 0.254 e. The number of likely N-dealkylation sites (tertiary alicyclic amines) is 1. The van der Waals surface area contributed by atoms with Gasteiger partial charge < -0.3 is 10.6 Å². The summed E-state index contributed by atoms with van der Waals surface area (Å²) in [6, 6.07) is 14.1. The summed E-state index contributed by atoms with van der Waals surface area (Å²) in [7, 11) is 0. The molecule has 3 nitrogen and oxygen atoms in total. The standard InChI is InChI=1S/C18H22N2O/c1-2-6-14-11-20(12-17(14)19)18(21)16-10-5-8-13-7-3-4-9-15(13)16/h3-5,7-10,14,17H,2,6,11-12,19H2,1H3/t14-,17-/m1/s1. The Morgan fingerprint density at radius 2 is 1.95 bits per heavy atom. The highest BCUT2D eigenvalue weighted by atomic mass is 16.2. The fraction of sp³-hybridized carbons (Fsp3) is 0.389. The molecule has 0 bridgehead atoms. The molecule has 1 fully saturated rings. The molecule has 2 aromatic rings. The lowest BCUT2D eigenvalue weighted by Gasteiger charge is -2.17. The molecular formula is C18H22N2O. The number of hydrogen-bond donors (Lipinski definition) is 1. The zero-order chi connectivity index (χ0) is 14.8. The molecule has 0 unspecified atom stereocenters. The van der Waals surface area contributed by atoms with Crippen molar-refractivity contribution in [1.29, 1.82) is 0 Å². The molecule has 3 rings (SSSR count). The van der Waals surface area contributed by atoms with Gasteiger partial charge in [-0.05, 0) is 29.2 Å². The molecule has 110 valence electrons. The fourth-order valence-corrected chi connectivity index (χ4v) is 3.32. The fourth-order valence-electron chi connectivity index (χ4n) is 3.32. The topological polar surface area (TPSA) is 46.3 Å². The summed E-state index contributed by atoms with van der Waals surface area (Å²) in [5.41, 5.74) is 6.98. The average molecular weight is 282 g/mol. The molecule has 1 saturated heterocycles. The molecule has 1 heterocycles. The van der Waals surface area contributed by atoms with Crippen molar-refractivity contribution < 1.29 is 4.79 Å². The number of fused-ring (bicyclic) bond motifs is 1. The molecule has 3 heteroatoms. The number of carbonyl (C=O) groups is 1. The minimum Gasteiger partial charge on any atom is -0.337 e. The van der Waals surface area contributed by atoms with E-state index in [0.717, 1.165) is 35.7 Å². The first kappa shape index (κ1) is 14.1. The van der Waals surface area contributed by atoms with E-state index >= 15 is 0 Å². The number of amides is 1. The third-order valence-corrected chi connectivity index (χ3v) is 4.46. The Balaban J connectivity index is 1.88. The molecule has 0 aliphatic carbocycles. The Labute approximate surface area is 125 Å². The molecular weight excluding hydrogens is 260 g/mol. The first-order valence-electron chi connectivity index (χ1n) is 7.73. The summed E-state index contributed by atoms with van der Waals surface area (Å²) in [5, 5.41) is 2.13. The molecule has 2 atom stereocenters. The summed E-state index contributed by atoms with van der Waals surface area (Å²) in [5.74, 6) is 0.551. The van der Waals surface area contributed by atoms with Crippen LogP contribution < -0.4 is 5.73 Å². The van der Waals surface area contributed by atoms with E-state index in [-0.39, 0.29) is 11.9 Å². The van der Waals surface area contributed by atoms with Gasteiger partial charge in [0.05, 0.1) is 0 Å². The predicted molar refractivity (Wildman–Crippen MR) is 86.2 cm³/mol. The Morgan fingerprint density at radius 1 is 1.19 bits per heavy atom. The maximum absolute atomic E-state index is 12.8. The van der Waals surface area contributed by atoms with Crippen LogP contribution in [0.5, 0.6) is 0 Å². The van der Waals surface area contributed by atoms with E-state index in [2.05, 4.69) is 6.92 Å². The minimum absolute atomic E-state index is 0.112. The maximum atomic E-state index is 12.8. The molecule has 21 heavy (non-hydrogen) atoms. The van der Waals surface area contributed by atoms with E-state index in [1.165, 1.54) is 0 Å². The highest BCUT2D eigenvalue weighted by Crippen LogP contribution is 2.25. The highest BCUT2D eigenvalue weighted by Gasteiger charge is 2.32. The molecule has 1 aliphatic heterocycles. The molecule has 0 saturated carbocycles. The summed E-state index contributed by atoms with van der Waals surface area (Å²) < 4.78 is 0. The van der Waals surface area contributed by atoms with E-state index < -0.39 is 0 Å². The third-order valence-electron chi connectivity index (χ3n) is 4.46. The Morgan fingerprint density at radius 3 is 2.76 bits per heavy atom. The van der Waals surface area contributed by atoms with Gasteiger partial charge in [-0.1, -0.05) is 49.7 Å². The van der Waals surface area contributed by atoms with E-state index in [4.69, 9.17) is 5.73 Å². The second-order valence-electron chi connectivity index (χ2n) is 5.95. The monoisotopic (exact) mass is 282 g/mol. The van der Waals surface area contributed by atoms with Gasteiger partial charge in [-0.3, -0.25) is 4.79 Å². The van der Waals surface area contributed by atoms with Crippen molar-refractivity contribution in [2.75, 3.05) is 13.1 Å². The van der Waals surface area contributed by atoms with Crippen molar-refractivity contribution in [2.45, 2.75) is 25.8 Å². The molecule has 1 amide bonds. The largest absolute Gasteiger partial charge is 0.337 e. The van der Waals surface area contributed by atoms with Gasteiger partial charge in [0.25, 0.3) is 5.91 Å². The van der Waals surface area contributed by atoms with Crippen LogP contribution in [0.2, 0.25) is 0 Å². The molecule has 1 aliphatic rings. The van der Waals surface area contributed by atoms with Gasteiger partial charge in [0.1, 0.15) is 0 Å². The minimum atomic E-state index is 0.112. The maximum Gasteiger partial charge on any atom is 0.254 e. The lowest BCUT2D eigenvalue weighted by atomic mass is 9.99. The van der Waals surface area contributed by atoms with Gasteiger partial charge in [0.15, 0.2) is 0 Å².